The van der Waals surface area contributed by atoms with Crippen LogP contribution in [0.3, 0.4) is 0 Å². The molecule has 0 saturated carbocycles. The third kappa shape index (κ3) is 4.79. The number of furan rings is 1. The summed E-state index contributed by atoms with van der Waals surface area (Å²) in [6.07, 6.45) is 3.68. The van der Waals surface area contributed by atoms with Crippen LogP contribution in [0, 0.1) is 0 Å². The maximum Gasteiger partial charge on any atom is 0.164 e. The molecule has 0 atom stereocenters. The van der Waals surface area contributed by atoms with E-state index in [0.717, 1.165) is 93.6 Å². The van der Waals surface area contributed by atoms with E-state index in [0.29, 0.717) is 17.5 Å². The van der Waals surface area contributed by atoms with Crippen LogP contribution in [-0.4, -0.2) is 29.1 Å². The molecule has 5 heterocycles. The lowest BCUT2D eigenvalue weighted by molar-refractivity contribution is 0.677. The topological polar surface area (TPSA) is 74.6 Å². The van der Waals surface area contributed by atoms with E-state index in [1.807, 2.05) is 85.2 Å². The van der Waals surface area contributed by atoms with Crippen LogP contribution in [0.2, 0.25) is 0 Å². The zero-order valence-electron chi connectivity index (χ0n) is 30.4. The highest BCUT2D eigenvalue weighted by molar-refractivity contribution is 6.29. The van der Waals surface area contributed by atoms with Gasteiger partial charge in [0.05, 0.1) is 32.8 Å². The monoisotopic (exact) mass is 730 g/mol. The highest BCUT2D eigenvalue weighted by Gasteiger charge is 2.22. The smallest absolute Gasteiger partial charge is 0.164 e. The minimum absolute atomic E-state index is 0.622. The first-order chi connectivity index (χ1) is 28.3. The molecule has 7 heteroatoms. The van der Waals surface area contributed by atoms with Crippen molar-refractivity contribution in [3.05, 3.63) is 182 Å². The molecule has 266 valence electrons. The first kappa shape index (κ1) is 31.5. The van der Waals surface area contributed by atoms with Crippen LogP contribution >= 0.6 is 0 Å². The number of nitrogens with zero attached hydrogens (tertiary/aromatic N) is 6. The number of benzene rings is 7. The van der Waals surface area contributed by atoms with Crippen molar-refractivity contribution in [2.75, 3.05) is 0 Å². The van der Waals surface area contributed by atoms with E-state index in [1.165, 1.54) is 0 Å². The minimum Gasteiger partial charge on any atom is -0.455 e. The van der Waals surface area contributed by atoms with Gasteiger partial charge in [0.15, 0.2) is 17.5 Å². The van der Waals surface area contributed by atoms with Crippen molar-refractivity contribution < 1.29 is 4.42 Å². The van der Waals surface area contributed by atoms with Gasteiger partial charge >= 0.3 is 0 Å². The average Bonchev–Trinajstić information content (AvgIpc) is 3.95. The molecule has 12 rings (SSSR count). The third-order valence-electron chi connectivity index (χ3n) is 11.1. The van der Waals surface area contributed by atoms with Crippen LogP contribution in [0.5, 0.6) is 0 Å². The van der Waals surface area contributed by atoms with E-state index in [1.54, 1.807) is 0 Å². The first-order valence-electron chi connectivity index (χ1n) is 19.0. The van der Waals surface area contributed by atoms with Gasteiger partial charge in [-0.3, -0.25) is 4.98 Å². The van der Waals surface area contributed by atoms with Crippen LogP contribution < -0.4 is 0 Å². The zero-order valence-corrected chi connectivity index (χ0v) is 30.4. The summed E-state index contributed by atoms with van der Waals surface area (Å²) in [7, 11) is 0. The van der Waals surface area contributed by atoms with Crippen LogP contribution in [0.4, 0.5) is 0 Å². The van der Waals surface area contributed by atoms with Gasteiger partial charge in [-0.15, -0.1) is 0 Å². The zero-order chi connectivity index (χ0) is 37.5. The Morgan fingerprint density at radius 3 is 1.25 bits per heavy atom. The van der Waals surface area contributed by atoms with Crippen molar-refractivity contribution in [1.29, 1.82) is 0 Å². The SMILES string of the molecule is c1ccc(-c2nc(-c3ccccc3)nc(-c3ccc(-n4c5ccccc5c5c6oc7c(ccc8c7c7ccccc7n8-c7ccncc7)c6ccc54)cc3)n2)cc1. The molecule has 0 fully saturated rings. The Morgan fingerprint density at radius 1 is 0.333 bits per heavy atom. The van der Waals surface area contributed by atoms with Gasteiger partial charge in [0, 0.05) is 62.0 Å². The van der Waals surface area contributed by atoms with E-state index in [4.69, 9.17) is 19.4 Å². The number of hydrogen-bond acceptors (Lipinski definition) is 5. The molecule has 0 aliphatic heterocycles. The van der Waals surface area contributed by atoms with Gasteiger partial charge in [0.1, 0.15) is 11.2 Å². The summed E-state index contributed by atoms with van der Waals surface area (Å²) in [5, 5.41) is 6.67. The largest absolute Gasteiger partial charge is 0.455 e. The molecule has 5 aromatic heterocycles. The van der Waals surface area contributed by atoms with Crippen molar-refractivity contribution in [2.45, 2.75) is 0 Å². The molecule has 0 N–H and O–H groups in total. The normalized spacial score (nSPS) is 11.9. The fraction of sp³-hybridized carbons (Fsp3) is 0. The molecular weight excluding hydrogens is 701 g/mol. The molecule has 0 spiro atoms. The highest BCUT2D eigenvalue weighted by atomic mass is 16.3. The molecule has 0 radical (unpaired) electrons. The Kier molecular flexibility index (Phi) is 6.79. The van der Waals surface area contributed by atoms with Crippen molar-refractivity contribution in [3.8, 4) is 45.5 Å². The number of fused-ring (bicyclic) bond motifs is 11. The lowest BCUT2D eigenvalue weighted by atomic mass is 10.1. The fourth-order valence-corrected chi connectivity index (χ4v) is 8.54. The first-order valence-corrected chi connectivity index (χ1v) is 19.0. The fourth-order valence-electron chi connectivity index (χ4n) is 8.54. The van der Waals surface area contributed by atoms with Crippen molar-refractivity contribution >= 4 is 65.6 Å². The van der Waals surface area contributed by atoms with Crippen LogP contribution in [-0.2, 0) is 0 Å². The number of para-hydroxylation sites is 2. The molecule has 7 nitrogen and oxygen atoms in total. The van der Waals surface area contributed by atoms with Gasteiger partial charge in [-0.25, -0.2) is 15.0 Å². The van der Waals surface area contributed by atoms with E-state index < -0.39 is 0 Å². The summed E-state index contributed by atoms with van der Waals surface area (Å²) < 4.78 is 11.7. The lowest BCUT2D eigenvalue weighted by Gasteiger charge is -2.10. The third-order valence-corrected chi connectivity index (χ3v) is 11.1. The van der Waals surface area contributed by atoms with Gasteiger partial charge in [0.2, 0.25) is 0 Å². The summed E-state index contributed by atoms with van der Waals surface area (Å²) in [5.41, 5.74) is 11.1. The van der Waals surface area contributed by atoms with E-state index in [-0.39, 0.29) is 0 Å². The molecule has 0 saturated heterocycles. The molecule has 0 unspecified atom stereocenters. The second-order valence-electron chi connectivity index (χ2n) is 14.3. The van der Waals surface area contributed by atoms with Gasteiger partial charge < -0.3 is 13.6 Å². The molecule has 57 heavy (non-hydrogen) atoms. The van der Waals surface area contributed by atoms with E-state index >= 15 is 0 Å². The Hall–Kier alpha value is -7.90. The quantitative estimate of drug-likeness (QED) is 0.176. The summed E-state index contributed by atoms with van der Waals surface area (Å²) in [4.78, 5) is 19.1. The maximum atomic E-state index is 7.10. The molecule has 0 amide bonds. The van der Waals surface area contributed by atoms with E-state index in [2.05, 4.69) is 111 Å². The van der Waals surface area contributed by atoms with Gasteiger partial charge in [-0.2, -0.15) is 0 Å². The van der Waals surface area contributed by atoms with Crippen molar-refractivity contribution in [1.82, 2.24) is 29.1 Å². The average molecular weight is 731 g/mol. The van der Waals surface area contributed by atoms with Crippen LogP contribution in [0.25, 0.3) is 111 Å². The Labute approximate surface area is 325 Å². The number of aromatic nitrogens is 6. The number of hydrogen-bond donors (Lipinski definition) is 0. The molecular formula is C50H30N6O. The molecule has 7 aromatic carbocycles. The van der Waals surface area contributed by atoms with Crippen molar-refractivity contribution in [2.24, 2.45) is 0 Å². The van der Waals surface area contributed by atoms with E-state index in [9.17, 15) is 0 Å². The summed E-state index contributed by atoms with van der Waals surface area (Å²) >= 11 is 0. The predicted octanol–water partition coefficient (Wildman–Crippen LogP) is 12.4. The highest BCUT2D eigenvalue weighted by Crippen LogP contribution is 2.44. The standard InChI is InChI=1S/C50H30N6O/c1-3-11-31(12-4-1)48-52-49(32-13-5-2-6-14-32)54-50(53-48)33-19-21-34(22-20-33)55-40-17-9-7-15-38(40)44-42(55)25-23-36-37-24-26-43-45(47(37)57-46(36)44)39-16-8-10-18-41(39)56(43)35-27-29-51-30-28-35/h1-30H. The Morgan fingerprint density at radius 2 is 0.754 bits per heavy atom. The second kappa shape index (κ2) is 12.3. The Bertz CT molecular complexity index is 3440. The summed E-state index contributed by atoms with van der Waals surface area (Å²) in [6, 6.07) is 58.7. The lowest BCUT2D eigenvalue weighted by Crippen LogP contribution is -2.00. The van der Waals surface area contributed by atoms with Crippen molar-refractivity contribution in [3.63, 3.8) is 0 Å². The second-order valence-corrected chi connectivity index (χ2v) is 14.3. The van der Waals surface area contributed by atoms with Crippen LogP contribution in [0.1, 0.15) is 0 Å². The minimum atomic E-state index is 0.622. The van der Waals surface area contributed by atoms with Gasteiger partial charge in [0.25, 0.3) is 0 Å². The van der Waals surface area contributed by atoms with Gasteiger partial charge in [-0.05, 0) is 72.8 Å². The molecule has 0 bridgehead atoms. The summed E-state index contributed by atoms with van der Waals surface area (Å²) in [6.45, 7) is 0. The maximum absolute atomic E-state index is 7.10. The number of rotatable bonds is 5. The Balaban J connectivity index is 1.04. The predicted molar refractivity (Wildman–Crippen MR) is 230 cm³/mol. The van der Waals surface area contributed by atoms with Crippen LogP contribution in [0.15, 0.2) is 187 Å². The van der Waals surface area contributed by atoms with Gasteiger partial charge in [-0.1, -0.05) is 97.1 Å². The summed E-state index contributed by atoms with van der Waals surface area (Å²) in [5.74, 6) is 1.90. The molecule has 0 aliphatic carbocycles. The molecule has 0 aliphatic rings. The molecule has 12 aromatic rings. The number of pyridine rings is 1.